The summed E-state index contributed by atoms with van der Waals surface area (Å²) in [4.78, 5) is 27.4. The van der Waals surface area contributed by atoms with Gasteiger partial charge in [-0.3, -0.25) is 4.79 Å². The second-order valence-electron chi connectivity index (χ2n) is 7.92. The van der Waals surface area contributed by atoms with Gasteiger partial charge in [-0.15, -0.1) is 0 Å². The first kappa shape index (κ1) is 19.8. The summed E-state index contributed by atoms with van der Waals surface area (Å²) in [6.45, 7) is 7.95. The fourth-order valence-electron chi connectivity index (χ4n) is 4.74. The van der Waals surface area contributed by atoms with Gasteiger partial charge >= 0.3 is 12.0 Å². The lowest BCUT2D eigenvalue weighted by Crippen LogP contribution is -2.57. The van der Waals surface area contributed by atoms with E-state index in [0.717, 1.165) is 45.1 Å². The van der Waals surface area contributed by atoms with Crippen LogP contribution in [0.25, 0.3) is 0 Å². The Bertz CT molecular complexity index is 676. The molecule has 27 heavy (non-hydrogen) atoms. The number of aryl methyl sites for hydroxylation is 1. The van der Waals surface area contributed by atoms with Crippen molar-refractivity contribution in [3.05, 3.63) is 23.5 Å². The fourth-order valence-corrected chi connectivity index (χ4v) is 4.74. The molecule has 1 aromatic rings. The predicted octanol–water partition coefficient (Wildman–Crippen LogP) is 3.93. The molecule has 0 spiro atoms. The Morgan fingerprint density at radius 2 is 1.93 bits per heavy atom. The summed E-state index contributed by atoms with van der Waals surface area (Å²) in [5, 5.41) is 3.27. The second-order valence-corrected chi connectivity index (χ2v) is 7.92. The summed E-state index contributed by atoms with van der Waals surface area (Å²) >= 11 is 0. The Balaban J connectivity index is 1.76. The number of amides is 2. The first-order valence-corrected chi connectivity index (χ1v) is 10.4. The van der Waals surface area contributed by atoms with Crippen molar-refractivity contribution in [1.82, 2.24) is 14.8 Å². The van der Waals surface area contributed by atoms with Crippen molar-refractivity contribution >= 4 is 12.0 Å². The standard InChI is InChI=1S/C21H33N3O3/c1-4-17-18-10-9-16(3)23(18)13-14-24(17)20(26)22-21(11-7-6-8-12-21)15-19(25)27-5-2/h9-10,17H,4-8,11-15H2,1-3H3,(H,22,26)/t17-/m1/s1. The molecule has 2 amide bonds. The summed E-state index contributed by atoms with van der Waals surface area (Å²) in [7, 11) is 0. The molecule has 1 atom stereocenters. The number of carbonyl (C=O) groups excluding carboxylic acids is 2. The maximum absolute atomic E-state index is 13.3. The minimum Gasteiger partial charge on any atom is -0.466 e. The lowest BCUT2D eigenvalue weighted by atomic mass is 9.79. The van der Waals surface area contributed by atoms with Crippen LogP contribution in [-0.4, -0.2) is 40.2 Å². The summed E-state index contributed by atoms with van der Waals surface area (Å²) in [6, 6.07) is 4.30. The predicted molar refractivity (Wildman–Crippen MR) is 105 cm³/mol. The van der Waals surface area contributed by atoms with E-state index in [1.165, 1.54) is 11.4 Å². The van der Waals surface area contributed by atoms with Crippen LogP contribution in [-0.2, 0) is 16.1 Å². The molecule has 150 valence electrons. The molecule has 1 aliphatic heterocycles. The molecule has 0 aromatic carbocycles. The van der Waals surface area contributed by atoms with Gasteiger partial charge in [0, 0.05) is 24.5 Å². The zero-order valence-electron chi connectivity index (χ0n) is 16.9. The van der Waals surface area contributed by atoms with E-state index in [4.69, 9.17) is 4.74 Å². The maximum atomic E-state index is 13.3. The van der Waals surface area contributed by atoms with Crippen molar-refractivity contribution in [3.63, 3.8) is 0 Å². The van der Waals surface area contributed by atoms with Crippen LogP contribution in [0.3, 0.4) is 0 Å². The molecule has 0 unspecified atom stereocenters. The number of hydrogen-bond acceptors (Lipinski definition) is 3. The molecule has 6 heteroatoms. The minimum atomic E-state index is -0.463. The number of nitrogens with zero attached hydrogens (tertiary/aromatic N) is 2. The van der Waals surface area contributed by atoms with Gasteiger partial charge in [0.2, 0.25) is 0 Å². The molecule has 1 fully saturated rings. The van der Waals surface area contributed by atoms with Crippen LogP contribution in [0.1, 0.15) is 76.2 Å². The highest BCUT2D eigenvalue weighted by Crippen LogP contribution is 2.34. The second kappa shape index (κ2) is 8.36. The lowest BCUT2D eigenvalue weighted by Gasteiger charge is -2.42. The Morgan fingerprint density at radius 3 is 2.59 bits per heavy atom. The van der Waals surface area contributed by atoms with Crippen LogP contribution < -0.4 is 5.32 Å². The quantitative estimate of drug-likeness (QED) is 0.793. The molecular weight excluding hydrogens is 342 g/mol. The monoisotopic (exact) mass is 375 g/mol. The minimum absolute atomic E-state index is 0.0434. The van der Waals surface area contributed by atoms with Crippen molar-refractivity contribution in [2.75, 3.05) is 13.2 Å². The van der Waals surface area contributed by atoms with Gasteiger partial charge in [-0.2, -0.15) is 0 Å². The number of esters is 1. The van der Waals surface area contributed by atoms with Crippen LogP contribution in [0.4, 0.5) is 4.79 Å². The molecule has 2 heterocycles. The molecule has 1 N–H and O–H groups in total. The molecular formula is C21H33N3O3. The van der Waals surface area contributed by atoms with Gasteiger partial charge in [0.15, 0.2) is 0 Å². The summed E-state index contributed by atoms with van der Waals surface area (Å²) in [5.74, 6) is -0.213. The summed E-state index contributed by atoms with van der Waals surface area (Å²) in [5.41, 5.74) is 1.99. The third-order valence-corrected chi connectivity index (χ3v) is 6.13. The van der Waals surface area contributed by atoms with E-state index >= 15 is 0 Å². The Labute approximate surface area is 162 Å². The Morgan fingerprint density at radius 1 is 1.19 bits per heavy atom. The number of fused-ring (bicyclic) bond motifs is 1. The van der Waals surface area contributed by atoms with E-state index in [2.05, 4.69) is 35.9 Å². The molecule has 1 aliphatic carbocycles. The zero-order valence-corrected chi connectivity index (χ0v) is 16.9. The third kappa shape index (κ3) is 4.14. The number of hydrogen-bond donors (Lipinski definition) is 1. The number of carbonyl (C=O) groups is 2. The molecule has 3 rings (SSSR count). The Kier molecular flexibility index (Phi) is 6.12. The highest BCUT2D eigenvalue weighted by Gasteiger charge is 2.39. The average Bonchev–Trinajstić information content (AvgIpc) is 3.02. The van der Waals surface area contributed by atoms with Crippen molar-refractivity contribution < 1.29 is 14.3 Å². The lowest BCUT2D eigenvalue weighted by molar-refractivity contribution is -0.145. The van der Waals surface area contributed by atoms with Gasteiger partial charge in [-0.1, -0.05) is 26.2 Å². The van der Waals surface area contributed by atoms with Gasteiger partial charge in [-0.25, -0.2) is 4.79 Å². The number of urea groups is 1. The highest BCUT2D eigenvalue weighted by atomic mass is 16.5. The van der Waals surface area contributed by atoms with Crippen molar-refractivity contribution in [2.24, 2.45) is 0 Å². The third-order valence-electron chi connectivity index (χ3n) is 6.13. The molecule has 2 aliphatic rings. The van der Waals surface area contributed by atoms with E-state index in [1.54, 1.807) is 0 Å². The normalized spacial score (nSPS) is 21.4. The van der Waals surface area contributed by atoms with E-state index < -0.39 is 5.54 Å². The van der Waals surface area contributed by atoms with E-state index in [1.807, 2.05) is 11.8 Å². The Hall–Kier alpha value is -1.98. The molecule has 1 saturated carbocycles. The molecule has 6 nitrogen and oxygen atoms in total. The van der Waals surface area contributed by atoms with Crippen molar-refractivity contribution in [3.8, 4) is 0 Å². The topological polar surface area (TPSA) is 63.6 Å². The van der Waals surface area contributed by atoms with Gasteiger partial charge < -0.3 is 19.5 Å². The number of nitrogens with one attached hydrogen (secondary N) is 1. The number of ether oxygens (including phenoxy) is 1. The largest absolute Gasteiger partial charge is 0.466 e. The number of rotatable bonds is 5. The van der Waals surface area contributed by atoms with Crippen LogP contribution in [0, 0.1) is 6.92 Å². The van der Waals surface area contributed by atoms with Crippen LogP contribution >= 0.6 is 0 Å². The van der Waals surface area contributed by atoms with Crippen LogP contribution in [0.2, 0.25) is 0 Å². The van der Waals surface area contributed by atoms with E-state index in [-0.39, 0.29) is 24.5 Å². The van der Waals surface area contributed by atoms with Gasteiger partial charge in [-0.05, 0) is 45.2 Å². The summed E-state index contributed by atoms with van der Waals surface area (Å²) in [6.07, 6.45) is 6.08. The van der Waals surface area contributed by atoms with Crippen molar-refractivity contribution in [1.29, 1.82) is 0 Å². The number of aromatic nitrogens is 1. The first-order chi connectivity index (χ1) is 13.0. The SMILES string of the molecule is CCOC(=O)CC1(NC(=O)N2CCn3c(C)ccc3[C@H]2CC)CCCCC1. The summed E-state index contributed by atoms with van der Waals surface area (Å²) < 4.78 is 7.49. The average molecular weight is 376 g/mol. The molecule has 1 aromatic heterocycles. The molecule has 0 saturated heterocycles. The van der Waals surface area contributed by atoms with Gasteiger partial charge in [0.25, 0.3) is 0 Å². The van der Waals surface area contributed by atoms with E-state index in [9.17, 15) is 9.59 Å². The first-order valence-electron chi connectivity index (χ1n) is 10.4. The maximum Gasteiger partial charge on any atom is 0.318 e. The van der Waals surface area contributed by atoms with Crippen LogP contribution in [0.15, 0.2) is 12.1 Å². The molecule has 0 radical (unpaired) electrons. The van der Waals surface area contributed by atoms with Gasteiger partial charge in [0.05, 0.1) is 24.6 Å². The zero-order chi connectivity index (χ0) is 19.4. The fraction of sp³-hybridized carbons (Fsp3) is 0.714. The molecule has 0 bridgehead atoms. The van der Waals surface area contributed by atoms with E-state index in [0.29, 0.717) is 13.2 Å². The van der Waals surface area contributed by atoms with Crippen molar-refractivity contribution in [2.45, 2.75) is 83.8 Å². The van der Waals surface area contributed by atoms with Crippen LogP contribution in [0.5, 0.6) is 0 Å². The highest BCUT2D eigenvalue weighted by molar-refractivity contribution is 5.78. The smallest absolute Gasteiger partial charge is 0.318 e. The van der Waals surface area contributed by atoms with Gasteiger partial charge in [0.1, 0.15) is 0 Å².